The van der Waals surface area contributed by atoms with Gasteiger partial charge in [-0.05, 0) is 13.8 Å². The van der Waals surface area contributed by atoms with Gasteiger partial charge in [0, 0.05) is 0 Å². The van der Waals surface area contributed by atoms with Crippen molar-refractivity contribution in [1.29, 1.82) is 0 Å². The Morgan fingerprint density at radius 2 is 1.91 bits per heavy atom. The molecular formula is C8H18NO2+. The molecule has 0 aromatic rings. The van der Waals surface area contributed by atoms with Crippen molar-refractivity contribution < 1.29 is 14.4 Å². The zero-order valence-electron chi connectivity index (χ0n) is 7.64. The van der Waals surface area contributed by atoms with E-state index in [1.807, 2.05) is 0 Å². The van der Waals surface area contributed by atoms with Gasteiger partial charge < -0.3 is 9.64 Å². The molecule has 0 bridgehead atoms. The lowest BCUT2D eigenvalue weighted by Crippen LogP contribution is -3.11. The fourth-order valence-corrected chi connectivity index (χ4v) is 0.984. The monoisotopic (exact) mass is 160 g/mol. The zero-order valence-corrected chi connectivity index (χ0v) is 7.64. The lowest BCUT2D eigenvalue weighted by molar-refractivity contribution is -0.895. The molecule has 11 heavy (non-hydrogen) atoms. The zero-order chi connectivity index (χ0) is 8.69. The second kappa shape index (κ2) is 6.16. The van der Waals surface area contributed by atoms with Crippen molar-refractivity contribution in [2.45, 2.75) is 20.3 Å². The summed E-state index contributed by atoms with van der Waals surface area (Å²) in [6, 6.07) is 0. The molecule has 0 amide bonds. The number of hydrogen-bond donors (Lipinski definition) is 1. The van der Waals surface area contributed by atoms with Crippen LogP contribution in [-0.4, -0.2) is 32.7 Å². The van der Waals surface area contributed by atoms with E-state index in [9.17, 15) is 4.79 Å². The Morgan fingerprint density at radius 1 is 1.36 bits per heavy atom. The Labute approximate surface area is 68.3 Å². The van der Waals surface area contributed by atoms with Gasteiger partial charge in [-0.15, -0.1) is 0 Å². The normalized spacial score (nSPS) is 10.2. The number of esters is 1. The molecule has 66 valence electrons. The maximum atomic E-state index is 10.7. The topological polar surface area (TPSA) is 30.7 Å². The fraction of sp³-hybridized carbons (Fsp3) is 0.875. The van der Waals surface area contributed by atoms with Crippen LogP contribution in [0.25, 0.3) is 0 Å². The number of carbonyl (C=O) groups excluding carboxylic acids is 1. The molecule has 3 nitrogen and oxygen atoms in total. The van der Waals surface area contributed by atoms with Gasteiger partial charge in [-0.2, -0.15) is 0 Å². The van der Waals surface area contributed by atoms with E-state index in [0.29, 0.717) is 6.42 Å². The molecule has 0 radical (unpaired) electrons. The standard InChI is InChI=1S/C8H17NO2/c1-4-9(5-2)7-6-8(10)11-3/h4-7H2,1-3H3/p+1. The number of methoxy groups -OCH3 is 1. The smallest absolute Gasteiger partial charge is 0.311 e. The summed E-state index contributed by atoms with van der Waals surface area (Å²) in [5, 5.41) is 0. The number of rotatable bonds is 5. The molecule has 0 aliphatic heterocycles. The molecule has 0 spiro atoms. The Bertz CT molecular complexity index is 111. The van der Waals surface area contributed by atoms with E-state index in [0.717, 1.165) is 19.6 Å². The molecule has 0 atom stereocenters. The summed E-state index contributed by atoms with van der Waals surface area (Å²) < 4.78 is 4.54. The summed E-state index contributed by atoms with van der Waals surface area (Å²) >= 11 is 0. The second-order valence-corrected chi connectivity index (χ2v) is 2.53. The van der Waals surface area contributed by atoms with E-state index < -0.39 is 0 Å². The largest absolute Gasteiger partial charge is 0.469 e. The molecule has 3 heteroatoms. The molecule has 0 aromatic heterocycles. The van der Waals surface area contributed by atoms with Crippen LogP contribution in [0.5, 0.6) is 0 Å². The van der Waals surface area contributed by atoms with E-state index >= 15 is 0 Å². The second-order valence-electron chi connectivity index (χ2n) is 2.53. The van der Waals surface area contributed by atoms with Crippen molar-refractivity contribution >= 4 is 5.97 Å². The van der Waals surface area contributed by atoms with Gasteiger partial charge >= 0.3 is 5.97 Å². The van der Waals surface area contributed by atoms with Crippen molar-refractivity contribution in [2.24, 2.45) is 0 Å². The van der Waals surface area contributed by atoms with Crippen LogP contribution >= 0.6 is 0 Å². The summed E-state index contributed by atoms with van der Waals surface area (Å²) in [6.07, 6.45) is 0.535. The molecule has 0 rings (SSSR count). The number of nitrogens with one attached hydrogen (secondary N) is 1. The molecule has 0 saturated heterocycles. The Balaban J connectivity index is 3.42. The van der Waals surface area contributed by atoms with Gasteiger partial charge in [0.05, 0.1) is 33.2 Å². The van der Waals surface area contributed by atoms with Crippen LogP contribution in [0.4, 0.5) is 0 Å². The van der Waals surface area contributed by atoms with Gasteiger partial charge in [0.25, 0.3) is 0 Å². The molecule has 0 aliphatic carbocycles. The van der Waals surface area contributed by atoms with Gasteiger partial charge in [-0.3, -0.25) is 4.79 Å². The third kappa shape index (κ3) is 4.79. The van der Waals surface area contributed by atoms with Crippen molar-refractivity contribution in [3.8, 4) is 0 Å². The van der Waals surface area contributed by atoms with Crippen LogP contribution in [0.3, 0.4) is 0 Å². The molecule has 0 fully saturated rings. The summed E-state index contributed by atoms with van der Waals surface area (Å²) in [7, 11) is 1.43. The quantitative estimate of drug-likeness (QED) is 0.548. The predicted molar refractivity (Wildman–Crippen MR) is 43.5 cm³/mol. The number of hydrogen-bond acceptors (Lipinski definition) is 2. The van der Waals surface area contributed by atoms with Crippen LogP contribution in [0.15, 0.2) is 0 Å². The fourth-order valence-electron chi connectivity index (χ4n) is 0.984. The van der Waals surface area contributed by atoms with E-state index in [1.54, 1.807) is 0 Å². The predicted octanol–water partition coefficient (Wildman–Crippen LogP) is -0.526. The molecule has 0 aromatic carbocycles. The minimum absolute atomic E-state index is 0.107. The molecule has 0 heterocycles. The first-order chi connectivity index (χ1) is 5.24. The Kier molecular flexibility index (Phi) is 5.84. The highest BCUT2D eigenvalue weighted by Gasteiger charge is 2.06. The van der Waals surface area contributed by atoms with Gasteiger partial charge in [0.1, 0.15) is 0 Å². The van der Waals surface area contributed by atoms with Crippen molar-refractivity contribution in [3.63, 3.8) is 0 Å². The molecule has 0 saturated carbocycles. The Morgan fingerprint density at radius 3 is 2.27 bits per heavy atom. The number of carbonyl (C=O) groups is 1. The van der Waals surface area contributed by atoms with Crippen LogP contribution < -0.4 is 4.90 Å². The van der Waals surface area contributed by atoms with Crippen LogP contribution in [0, 0.1) is 0 Å². The molecule has 0 aliphatic rings. The summed E-state index contributed by atoms with van der Waals surface area (Å²) in [4.78, 5) is 12.2. The first kappa shape index (κ1) is 10.4. The van der Waals surface area contributed by atoms with E-state index in [-0.39, 0.29) is 5.97 Å². The van der Waals surface area contributed by atoms with Gasteiger partial charge in [-0.1, -0.05) is 0 Å². The van der Waals surface area contributed by atoms with Gasteiger partial charge in [0.2, 0.25) is 0 Å². The number of ether oxygens (including phenoxy) is 1. The maximum Gasteiger partial charge on any atom is 0.311 e. The Hall–Kier alpha value is -0.570. The maximum absolute atomic E-state index is 10.7. The van der Waals surface area contributed by atoms with E-state index in [4.69, 9.17) is 0 Å². The van der Waals surface area contributed by atoms with Gasteiger partial charge in [-0.25, -0.2) is 0 Å². The van der Waals surface area contributed by atoms with Crippen LogP contribution in [0.2, 0.25) is 0 Å². The molecular weight excluding hydrogens is 142 g/mol. The summed E-state index contributed by atoms with van der Waals surface area (Å²) in [5.41, 5.74) is 0. The molecule has 1 N–H and O–H groups in total. The highest BCUT2D eigenvalue weighted by molar-refractivity contribution is 5.69. The lowest BCUT2D eigenvalue weighted by atomic mass is 10.4. The third-order valence-electron chi connectivity index (χ3n) is 1.91. The van der Waals surface area contributed by atoms with E-state index in [1.165, 1.54) is 12.0 Å². The SMILES string of the molecule is CC[NH+](CC)CCC(=O)OC. The van der Waals surface area contributed by atoms with Crippen molar-refractivity contribution in [1.82, 2.24) is 0 Å². The molecule has 0 unspecified atom stereocenters. The first-order valence-corrected chi connectivity index (χ1v) is 4.14. The highest BCUT2D eigenvalue weighted by atomic mass is 16.5. The van der Waals surface area contributed by atoms with E-state index in [2.05, 4.69) is 18.6 Å². The third-order valence-corrected chi connectivity index (χ3v) is 1.91. The average molecular weight is 160 g/mol. The minimum atomic E-state index is -0.107. The lowest BCUT2D eigenvalue weighted by Gasteiger charge is -2.13. The van der Waals surface area contributed by atoms with Crippen LogP contribution in [0.1, 0.15) is 20.3 Å². The van der Waals surface area contributed by atoms with Gasteiger partial charge in [0.15, 0.2) is 0 Å². The van der Waals surface area contributed by atoms with Crippen LogP contribution in [-0.2, 0) is 9.53 Å². The minimum Gasteiger partial charge on any atom is -0.469 e. The highest BCUT2D eigenvalue weighted by Crippen LogP contribution is 1.77. The first-order valence-electron chi connectivity index (χ1n) is 4.14. The summed E-state index contributed by atoms with van der Waals surface area (Å²) in [5.74, 6) is -0.107. The van der Waals surface area contributed by atoms with Crippen molar-refractivity contribution in [2.75, 3.05) is 26.7 Å². The summed E-state index contributed by atoms with van der Waals surface area (Å²) in [6.45, 7) is 7.28. The van der Waals surface area contributed by atoms with Crippen molar-refractivity contribution in [3.05, 3.63) is 0 Å². The number of quaternary nitrogens is 1. The average Bonchev–Trinajstić information content (AvgIpc) is 2.06.